The second-order valence-corrected chi connectivity index (χ2v) is 4.99. The minimum Gasteiger partial charge on any atom is -0.506 e. The number of hydrogen-bond acceptors (Lipinski definition) is 3. The third-order valence-corrected chi connectivity index (χ3v) is 3.26. The molecular weight excluding hydrogens is 270 g/mol. The molecule has 1 rings (SSSR count). The lowest BCUT2D eigenvalue weighted by Gasteiger charge is -2.34. The Hall–Kier alpha value is -1.75. The Bertz CT molecular complexity index is 513. The normalized spacial score (nSPS) is 11.2. The number of aromatic hydroxyl groups is 1. The van der Waals surface area contributed by atoms with Gasteiger partial charge in [0, 0.05) is 12.1 Å². The van der Waals surface area contributed by atoms with E-state index in [1.165, 1.54) is 36.9 Å². The van der Waals surface area contributed by atoms with Crippen molar-refractivity contribution in [3.63, 3.8) is 0 Å². The third kappa shape index (κ3) is 2.98. The van der Waals surface area contributed by atoms with Crippen molar-refractivity contribution >= 4 is 23.5 Å². The van der Waals surface area contributed by atoms with Gasteiger partial charge in [-0.05, 0) is 39.0 Å². The van der Waals surface area contributed by atoms with E-state index in [1.807, 2.05) is 0 Å². The van der Waals surface area contributed by atoms with E-state index >= 15 is 0 Å². The summed E-state index contributed by atoms with van der Waals surface area (Å²) in [5.41, 5.74) is -1.09. The van der Waals surface area contributed by atoms with Crippen molar-refractivity contribution in [3.8, 4) is 5.75 Å². The predicted molar refractivity (Wildman–Crippen MR) is 71.5 cm³/mol. The van der Waals surface area contributed by atoms with Crippen LogP contribution in [0.2, 0.25) is 5.02 Å². The Kier molecular flexibility index (Phi) is 4.42. The zero-order chi connectivity index (χ0) is 14.8. The summed E-state index contributed by atoms with van der Waals surface area (Å²) in [4.78, 5) is 24.8. The summed E-state index contributed by atoms with van der Waals surface area (Å²) in [6.07, 6.45) is 0. The number of carboxylic acid groups (broad SMARTS) is 1. The Morgan fingerprint density at radius 3 is 2.37 bits per heavy atom. The first-order valence-corrected chi connectivity index (χ1v) is 6.13. The molecule has 0 heterocycles. The summed E-state index contributed by atoms with van der Waals surface area (Å²) in [5, 5.41) is 18.5. The summed E-state index contributed by atoms with van der Waals surface area (Å²) >= 11 is 5.75. The van der Waals surface area contributed by atoms with Gasteiger partial charge in [-0.1, -0.05) is 11.6 Å². The molecule has 2 N–H and O–H groups in total. The molecule has 0 spiro atoms. The van der Waals surface area contributed by atoms with Crippen molar-refractivity contribution in [2.75, 3.05) is 6.54 Å². The lowest BCUT2D eigenvalue weighted by molar-refractivity contribution is -0.147. The largest absolute Gasteiger partial charge is 0.506 e. The number of carbonyl (C=O) groups is 2. The van der Waals surface area contributed by atoms with E-state index in [1.54, 1.807) is 6.92 Å². The van der Waals surface area contributed by atoms with Crippen LogP contribution in [0.25, 0.3) is 0 Å². The Morgan fingerprint density at radius 2 is 1.95 bits per heavy atom. The minimum atomic E-state index is -1.32. The molecule has 6 heteroatoms. The number of amides is 1. The fraction of sp³-hybridized carbons (Fsp3) is 0.385. The lowest BCUT2D eigenvalue weighted by Crippen LogP contribution is -2.52. The fourth-order valence-electron chi connectivity index (χ4n) is 1.70. The Labute approximate surface area is 116 Å². The summed E-state index contributed by atoms with van der Waals surface area (Å²) in [6.45, 7) is 4.86. The van der Waals surface area contributed by atoms with Crippen LogP contribution in [-0.4, -0.2) is 39.1 Å². The highest BCUT2D eigenvalue weighted by molar-refractivity contribution is 6.32. The second-order valence-electron chi connectivity index (χ2n) is 4.58. The van der Waals surface area contributed by atoms with Crippen molar-refractivity contribution in [1.82, 2.24) is 4.90 Å². The van der Waals surface area contributed by atoms with Crippen molar-refractivity contribution < 1.29 is 19.8 Å². The SMILES string of the molecule is CCN(C(=O)c1ccc(O)c(Cl)c1)C(C)(C)C(=O)O. The van der Waals surface area contributed by atoms with Gasteiger partial charge in [0.05, 0.1) is 5.02 Å². The molecule has 0 unspecified atom stereocenters. The van der Waals surface area contributed by atoms with Crippen molar-refractivity contribution in [3.05, 3.63) is 28.8 Å². The molecule has 0 radical (unpaired) electrons. The van der Waals surface area contributed by atoms with Crippen LogP contribution in [0.4, 0.5) is 0 Å². The standard InChI is InChI=1S/C13H16ClNO4/c1-4-15(13(2,3)12(18)19)11(17)8-5-6-10(16)9(14)7-8/h5-7,16H,4H2,1-3H3,(H,18,19). The first-order valence-electron chi connectivity index (χ1n) is 5.75. The first kappa shape index (κ1) is 15.3. The molecule has 0 saturated heterocycles. The third-order valence-electron chi connectivity index (χ3n) is 2.95. The van der Waals surface area contributed by atoms with Gasteiger partial charge in [-0.3, -0.25) is 4.79 Å². The molecule has 1 amide bonds. The fourth-order valence-corrected chi connectivity index (χ4v) is 1.88. The number of rotatable bonds is 4. The van der Waals surface area contributed by atoms with Crippen molar-refractivity contribution in [2.24, 2.45) is 0 Å². The van der Waals surface area contributed by atoms with Gasteiger partial charge in [0.25, 0.3) is 5.91 Å². The maximum atomic E-state index is 12.3. The highest BCUT2D eigenvalue weighted by atomic mass is 35.5. The Morgan fingerprint density at radius 1 is 1.37 bits per heavy atom. The molecule has 0 saturated carbocycles. The number of phenols is 1. The van der Waals surface area contributed by atoms with E-state index in [4.69, 9.17) is 11.6 Å². The van der Waals surface area contributed by atoms with E-state index in [0.29, 0.717) is 0 Å². The van der Waals surface area contributed by atoms with Crippen LogP contribution in [0.15, 0.2) is 18.2 Å². The molecule has 104 valence electrons. The number of nitrogens with zero attached hydrogens (tertiary/aromatic N) is 1. The summed E-state index contributed by atoms with van der Waals surface area (Å²) in [6, 6.07) is 4.03. The predicted octanol–water partition coefficient (Wildman–Crippen LogP) is 2.37. The van der Waals surface area contributed by atoms with E-state index in [2.05, 4.69) is 0 Å². The number of carboxylic acids is 1. The molecule has 1 aromatic rings. The zero-order valence-corrected chi connectivity index (χ0v) is 11.7. The first-order chi connectivity index (χ1) is 8.71. The number of hydrogen-bond donors (Lipinski definition) is 2. The van der Waals surface area contributed by atoms with Crippen LogP contribution < -0.4 is 0 Å². The highest BCUT2D eigenvalue weighted by Crippen LogP contribution is 2.26. The number of benzene rings is 1. The van der Waals surface area contributed by atoms with E-state index < -0.39 is 17.4 Å². The number of carbonyl (C=O) groups excluding carboxylic acids is 1. The maximum Gasteiger partial charge on any atom is 0.329 e. The van der Waals surface area contributed by atoms with Gasteiger partial charge >= 0.3 is 5.97 Å². The molecule has 0 fully saturated rings. The number of halogens is 1. The quantitative estimate of drug-likeness (QED) is 0.890. The van der Waals surface area contributed by atoms with Crippen LogP contribution in [0.5, 0.6) is 5.75 Å². The molecule has 0 atom stereocenters. The van der Waals surface area contributed by atoms with Gasteiger partial charge < -0.3 is 15.1 Å². The molecule has 0 aliphatic rings. The molecule has 5 nitrogen and oxygen atoms in total. The van der Waals surface area contributed by atoms with Crippen molar-refractivity contribution in [1.29, 1.82) is 0 Å². The van der Waals surface area contributed by atoms with Crippen LogP contribution in [0.1, 0.15) is 31.1 Å². The van der Waals surface area contributed by atoms with Gasteiger partial charge in [-0.15, -0.1) is 0 Å². The van der Waals surface area contributed by atoms with Crippen molar-refractivity contribution in [2.45, 2.75) is 26.3 Å². The average molecular weight is 286 g/mol. The molecule has 0 bridgehead atoms. The monoisotopic (exact) mass is 285 g/mol. The topological polar surface area (TPSA) is 77.8 Å². The highest BCUT2D eigenvalue weighted by Gasteiger charge is 2.37. The Balaban J connectivity index is 3.15. The van der Waals surface area contributed by atoms with E-state index in [0.717, 1.165) is 0 Å². The zero-order valence-electron chi connectivity index (χ0n) is 11.0. The minimum absolute atomic E-state index is 0.0510. The molecule has 1 aromatic carbocycles. The van der Waals surface area contributed by atoms with Crippen LogP contribution in [0.3, 0.4) is 0 Å². The number of likely N-dealkylation sites (N-methyl/N-ethyl adjacent to an activating group) is 1. The molecule has 0 aromatic heterocycles. The van der Waals surface area contributed by atoms with Gasteiger partial charge in [-0.2, -0.15) is 0 Å². The maximum absolute atomic E-state index is 12.3. The van der Waals surface area contributed by atoms with E-state index in [9.17, 15) is 19.8 Å². The number of aliphatic carboxylic acids is 1. The smallest absolute Gasteiger partial charge is 0.329 e. The second kappa shape index (κ2) is 5.48. The average Bonchev–Trinajstić information content (AvgIpc) is 2.32. The molecule has 0 aliphatic heterocycles. The number of phenolic OH excluding ortho intramolecular Hbond substituents is 1. The summed E-state index contributed by atoms with van der Waals surface area (Å²) in [7, 11) is 0. The summed E-state index contributed by atoms with van der Waals surface area (Å²) < 4.78 is 0. The van der Waals surface area contributed by atoms with Gasteiger partial charge in [-0.25, -0.2) is 4.79 Å². The van der Waals surface area contributed by atoms with E-state index in [-0.39, 0.29) is 22.9 Å². The molecule has 19 heavy (non-hydrogen) atoms. The van der Waals surface area contributed by atoms with Gasteiger partial charge in [0.2, 0.25) is 0 Å². The summed E-state index contributed by atoms with van der Waals surface area (Å²) in [5.74, 6) is -1.66. The van der Waals surface area contributed by atoms with Gasteiger partial charge in [0.1, 0.15) is 11.3 Å². The van der Waals surface area contributed by atoms with Crippen LogP contribution >= 0.6 is 11.6 Å². The van der Waals surface area contributed by atoms with Crippen LogP contribution in [0, 0.1) is 0 Å². The molecular formula is C13H16ClNO4. The molecule has 0 aliphatic carbocycles. The van der Waals surface area contributed by atoms with Gasteiger partial charge in [0.15, 0.2) is 0 Å². The van der Waals surface area contributed by atoms with Crippen LogP contribution in [-0.2, 0) is 4.79 Å². The lowest BCUT2D eigenvalue weighted by atomic mass is 10.0.